The zero-order chi connectivity index (χ0) is 106. The molecule has 3 aromatic heterocycles. The number of rotatable bonds is 44. The number of nitrogens with one attached hydrogen (secondary N) is 3. The average molecular weight is 2090 g/mol. The largest absolute Gasteiger partial charge is 0.525 e. The van der Waals surface area contributed by atoms with E-state index in [0.717, 1.165) is 41.5 Å². The van der Waals surface area contributed by atoms with E-state index in [1.165, 1.54) is 118 Å². The molecule has 2 aliphatic heterocycles. The van der Waals surface area contributed by atoms with Crippen LogP contribution in [0.2, 0.25) is 0 Å². The van der Waals surface area contributed by atoms with E-state index in [1.807, 2.05) is 91.4 Å². The third-order valence-corrected chi connectivity index (χ3v) is 24.3. The van der Waals surface area contributed by atoms with E-state index < -0.39 is 47.7 Å². The summed E-state index contributed by atoms with van der Waals surface area (Å²) in [7, 11) is -5.96. The lowest BCUT2D eigenvalue weighted by atomic mass is 9.99. The number of carbonyl (C=O) groups excluding carboxylic acids is 5. The summed E-state index contributed by atoms with van der Waals surface area (Å²) in [6, 6.07) is 25.9. The van der Waals surface area contributed by atoms with Gasteiger partial charge >= 0.3 is 48.8 Å². The van der Waals surface area contributed by atoms with Crippen molar-refractivity contribution in [2.24, 2.45) is 17.8 Å². The standard InChI is InChI=1S/C26H33N2O9P.C23H35N2O8PS.C22H25N2O8P.C17H22N3O9P.C2H2.CH4.H2NP/c1-7-28(8-2,15-21-23(34-5)13-19(14-24(21)35-6)37-38(31,32)33)18-10-9-17-11-20(25(29)27-16(3)4)26(30)36-22(17)12-18;1-14(2)9-15(26)7-5-6-8-21-22-18(13-35-21)25(23(27)24-22)12-17-19(31-3)10-16(11-20(17)32-4)33-34(28,29)30;1-13(2)9-18(25)21-22(24-17-8-6-5-7-16(17)23-21)31-12-15-19(29-3)10-14(11-20(15)30-4)32-33(26,27)28;1-10(2)5-13(21)12-8-16(20(22)23)19(18-12)9-11-6-14(27-3)17(15(7-11)28-4)29-30(24,25)26;1-2;;1-2/h9-14,16H,7-8,15H2,1-6H3,(H2-,27,29,31,32,33);10-11,14,18,21-22H,5-9,12-13H2,1-4H3,(H,24,27)(H2,28,29,30);5-8,10-11,13H,9,12H2,1-4H3,(H2,26,27,28);6-8,10H,5,9H2,1-4H3,(H2,24,25,26);1-2H;1H4;1-2H/p+1/t;18-,21-,22-;;;;;/m.0...../s1/i;;;;1D;;. The lowest BCUT2D eigenvalue weighted by molar-refractivity contribution is -0.392. The van der Waals surface area contributed by atoms with Crippen LogP contribution >= 0.6 is 52.1 Å². The molecule has 141 heavy (non-hydrogen) atoms. The van der Waals surface area contributed by atoms with E-state index >= 15 is 0 Å². The summed E-state index contributed by atoms with van der Waals surface area (Å²) >= 11 is 1.84. The Morgan fingerprint density at radius 1 is 0.631 bits per heavy atom. The number of urea groups is 1. The summed E-state index contributed by atoms with van der Waals surface area (Å²) in [5.74, 6) is 1.33. The van der Waals surface area contributed by atoms with Crippen molar-refractivity contribution in [3.8, 4) is 87.7 Å². The van der Waals surface area contributed by atoms with E-state index in [9.17, 15) is 66.9 Å². The first-order valence-corrected chi connectivity index (χ1v) is 50.8. The van der Waals surface area contributed by atoms with E-state index in [1.54, 1.807) is 23.1 Å². The number of nitro groups is 1. The number of hydrogen-bond donors (Lipinski definition) is 11. The third kappa shape index (κ3) is 34.8. The molecular formula is C91H124N10O34P5S+. The van der Waals surface area contributed by atoms with Gasteiger partial charge in [-0.1, -0.05) is 72.6 Å². The number of ether oxygens (including phenoxy) is 9. The predicted octanol–water partition coefficient (Wildman–Crippen LogP) is 16.0. The van der Waals surface area contributed by atoms with Gasteiger partial charge in [0, 0.05) is 96.1 Å². The van der Waals surface area contributed by atoms with Crippen LogP contribution in [0.3, 0.4) is 0 Å². The number of benzene rings is 6. The molecule has 0 saturated carbocycles. The number of phosphoric ester groups is 4. The maximum Gasteiger partial charge on any atom is 0.525 e. The lowest BCUT2D eigenvalue weighted by Crippen LogP contribution is -2.48. The molecule has 3 atom stereocenters. The summed E-state index contributed by atoms with van der Waals surface area (Å²) in [6.45, 7) is 21.0. The van der Waals surface area contributed by atoms with Crippen molar-refractivity contribution in [2.45, 2.75) is 171 Å². The van der Waals surface area contributed by atoms with Crippen LogP contribution in [0.15, 0.2) is 112 Å². The highest BCUT2D eigenvalue weighted by Gasteiger charge is 2.48. The summed E-state index contributed by atoms with van der Waals surface area (Å²) in [5.41, 5.74) is 3.75. The Morgan fingerprint density at radius 2 is 1.09 bits per heavy atom. The van der Waals surface area contributed by atoms with Crippen molar-refractivity contribution in [3.05, 3.63) is 163 Å². The summed E-state index contributed by atoms with van der Waals surface area (Å²) in [6.07, 6.45) is 10.2. The van der Waals surface area contributed by atoms with E-state index in [2.05, 4.69) is 68.6 Å². The lowest BCUT2D eigenvalue weighted by Gasteiger charge is -2.37. The monoisotopic (exact) mass is 2090 g/mol. The van der Waals surface area contributed by atoms with Gasteiger partial charge in [0.2, 0.25) is 11.6 Å². The molecule has 6 aromatic carbocycles. The molecule has 2 saturated heterocycles. The summed E-state index contributed by atoms with van der Waals surface area (Å²) in [5, 5.41) is 27.7. The maximum atomic E-state index is 12.9. The number of aromatic nitrogens is 4. The Bertz CT molecular complexity index is 6080. The van der Waals surface area contributed by atoms with Crippen molar-refractivity contribution in [3.63, 3.8) is 0 Å². The number of ketones is 3. The van der Waals surface area contributed by atoms with Gasteiger partial charge in [-0.3, -0.25) is 68.0 Å². The molecule has 5 heterocycles. The second kappa shape index (κ2) is 54.4. The zero-order valence-electron chi connectivity index (χ0n) is 81.4. The predicted molar refractivity (Wildman–Crippen MR) is 528 cm³/mol. The Hall–Kier alpha value is -11.8. The van der Waals surface area contributed by atoms with Crippen LogP contribution in [-0.4, -0.2) is 197 Å². The SMILES string of the molecule is C.CC[N+](CC)(Cc1c(OC)cc(OP(=O)(O)O)cc1OC)c1ccc2cc(C(=O)NC(C)C)c(=O)oc2c1.COc1cc(Cn2nc(C(=O)CC(C)C)cc2[N+](=O)[O-])cc(OC)c1OP(=O)(O)O.COc1cc(OP(=O)(O)O)cc(OC)c1CN1C(=O)N[C@@H]2[C@H](CCCCC(=O)CC(C)C)SC[C@@H]21.COc1cc(OP(=O)(O)O)cc(OC)c1COc1nc2ccccc2nc1C(=O)CC(C)C.N=P.[2H]C#C. The zero-order valence-corrected chi connectivity index (χ0v) is 85.7. The minimum absolute atomic E-state index is 0. The van der Waals surface area contributed by atoms with Crippen LogP contribution in [-0.2, 0) is 49.3 Å². The highest BCUT2D eigenvalue weighted by molar-refractivity contribution is 8.00. The van der Waals surface area contributed by atoms with Crippen molar-refractivity contribution < 1.29 is 153 Å². The highest BCUT2D eigenvalue weighted by Crippen LogP contribution is 2.51. The van der Waals surface area contributed by atoms with Gasteiger partial charge in [-0.25, -0.2) is 37.8 Å². The Labute approximate surface area is 823 Å². The van der Waals surface area contributed by atoms with Crippen LogP contribution in [0.25, 0.3) is 22.0 Å². The molecule has 2 aliphatic rings. The van der Waals surface area contributed by atoms with Crippen molar-refractivity contribution in [1.82, 2.24) is 39.8 Å². The highest BCUT2D eigenvalue weighted by atomic mass is 32.2. The van der Waals surface area contributed by atoms with Crippen LogP contribution < -0.4 is 81.5 Å². The number of nitrogens with zero attached hydrogens (tertiary/aromatic N) is 7. The molecule has 11 N–H and O–H groups in total. The molecule has 772 valence electrons. The van der Waals surface area contributed by atoms with E-state index in [0.29, 0.717) is 116 Å². The quantitative estimate of drug-likeness (QED) is 0.00194. The minimum Gasteiger partial charge on any atom is -0.496 e. The number of methoxy groups -OCH3 is 8. The number of carbonyl (C=O) groups is 5. The van der Waals surface area contributed by atoms with Gasteiger partial charge < -0.3 is 90.8 Å². The first-order valence-electron chi connectivity index (χ1n) is 43.6. The van der Waals surface area contributed by atoms with Crippen LogP contribution in [0.4, 0.5) is 16.3 Å². The molecule has 11 rings (SSSR count). The van der Waals surface area contributed by atoms with E-state index in [-0.39, 0.29) is 167 Å². The second-order valence-corrected chi connectivity index (χ2v) is 38.7. The van der Waals surface area contributed by atoms with Gasteiger partial charge in [-0.15, -0.1) is 17.5 Å². The van der Waals surface area contributed by atoms with Gasteiger partial charge in [-0.05, 0) is 115 Å². The normalized spacial score (nSPS) is 13.9. The number of phosphoric acid groups is 4. The van der Waals surface area contributed by atoms with Crippen LogP contribution in [0, 0.1) is 45.9 Å². The van der Waals surface area contributed by atoms with Crippen LogP contribution in [0.1, 0.15) is 177 Å². The second-order valence-electron chi connectivity index (χ2n) is 32.7. The molecule has 2 fully saturated rings. The topological polar surface area (TPSA) is 604 Å². The number of quaternary nitrogens is 1. The summed E-state index contributed by atoms with van der Waals surface area (Å²) in [4.78, 5) is 169. The minimum atomic E-state index is -4.89. The van der Waals surface area contributed by atoms with Crippen molar-refractivity contribution in [1.29, 1.82) is 5.16 Å². The molecule has 0 bridgehead atoms. The number of amides is 3. The van der Waals surface area contributed by atoms with Gasteiger partial charge in [0.25, 0.3) is 5.91 Å². The maximum absolute atomic E-state index is 12.9. The molecule has 44 nitrogen and oxygen atoms in total. The molecule has 50 heteroatoms. The molecule has 0 spiro atoms. The Morgan fingerprint density at radius 3 is 1.54 bits per heavy atom. The van der Waals surface area contributed by atoms with Gasteiger partial charge in [0.1, 0.15) is 95.4 Å². The van der Waals surface area contributed by atoms with Gasteiger partial charge in [-0.2, -0.15) is 11.8 Å². The number of para-hydroxylation sites is 2. The molecule has 9 aromatic rings. The number of terminal acetylenes is 1. The first-order chi connectivity index (χ1) is 66.3. The van der Waals surface area contributed by atoms with Gasteiger partial charge in [0.15, 0.2) is 34.5 Å². The average Bonchev–Trinajstić information content (AvgIpc) is 1.57. The number of thioether (sulfide) groups is 1. The fourth-order valence-corrected chi connectivity index (χ4v) is 18.1. The fraction of sp³-hybridized carbons (Fsp3) is 0.440. The number of hydrogen-bond acceptors (Lipinski definition) is 31. The molecule has 0 radical (unpaired) electrons. The Balaban J connectivity index is 0.000000328. The van der Waals surface area contributed by atoms with Crippen molar-refractivity contribution in [2.75, 3.05) is 75.7 Å². The fourth-order valence-electron chi connectivity index (χ4n) is 14.9. The summed E-state index contributed by atoms with van der Waals surface area (Å²) < 4.78 is 125. The number of unbranched alkanes of at least 4 members (excludes halogenated alkanes) is 1. The molecule has 0 unspecified atom stereocenters. The first kappa shape index (κ1) is 118. The third-order valence-electron chi connectivity index (χ3n) is 21.1. The van der Waals surface area contributed by atoms with Crippen LogP contribution in [0.5, 0.6) is 74.9 Å². The van der Waals surface area contributed by atoms with Crippen molar-refractivity contribution >= 4 is 115 Å². The van der Waals surface area contributed by atoms with Gasteiger partial charge in [0.05, 0.1) is 122 Å². The number of Topliss-reactive ketones (excluding diaryl/α,β-unsaturated/α-hetero) is 3. The molecule has 3 amide bonds. The van der Waals surface area contributed by atoms with E-state index in [4.69, 9.17) is 87.5 Å². The smallest absolute Gasteiger partial charge is 0.496 e. The number of fused-ring (bicyclic) bond motifs is 3. The Kier molecular flexibility index (Phi) is 45.5. The molecular weight excluding hydrogens is 1960 g/mol. The molecule has 0 aliphatic carbocycles.